The summed E-state index contributed by atoms with van der Waals surface area (Å²) < 4.78 is 7.21. The monoisotopic (exact) mass is 592 g/mol. The molecule has 0 spiro atoms. The molecule has 6 aromatic carbocycles. The predicted molar refractivity (Wildman–Crippen MR) is 189 cm³/mol. The van der Waals surface area contributed by atoms with Crippen molar-refractivity contribution < 1.29 is 9.84 Å². The third-order valence-electron chi connectivity index (χ3n) is 7.86. The van der Waals surface area contributed by atoms with Crippen molar-refractivity contribution in [3.63, 3.8) is 0 Å². The van der Waals surface area contributed by atoms with Gasteiger partial charge in [0.25, 0.3) is 0 Å². The number of aliphatic hydroxyl groups is 1. The SMILES string of the molecule is [BH3-][P+](c1ccccc1)(c1ccccc1)[C@@H](c1ccccc1)[C@H](O)COC(c1ccccc1)(c1ccccc1)c1ccccc1. The molecule has 0 saturated heterocycles. The lowest BCUT2D eigenvalue weighted by Crippen LogP contribution is -2.40. The molecule has 0 heterocycles. The summed E-state index contributed by atoms with van der Waals surface area (Å²) in [4.78, 5) is 0. The minimum atomic E-state index is -1.94. The van der Waals surface area contributed by atoms with Gasteiger partial charge in [-0.3, -0.25) is 0 Å². The Morgan fingerprint density at radius 2 is 0.818 bits per heavy atom. The molecule has 0 saturated carbocycles. The molecule has 0 aliphatic rings. The summed E-state index contributed by atoms with van der Waals surface area (Å²) in [6, 6.07) is 63.7. The molecule has 0 fully saturated rings. The van der Waals surface area contributed by atoms with E-state index in [9.17, 15) is 5.11 Å². The van der Waals surface area contributed by atoms with E-state index in [4.69, 9.17) is 4.74 Å². The van der Waals surface area contributed by atoms with Crippen LogP contribution in [0.2, 0.25) is 0 Å². The fourth-order valence-corrected chi connectivity index (χ4v) is 8.74. The zero-order valence-electron chi connectivity index (χ0n) is 24.0. The molecule has 0 aromatic heterocycles. The summed E-state index contributed by atoms with van der Waals surface area (Å²) in [5.74, 6) is 0. The molecule has 218 valence electrons. The molecule has 0 amide bonds. The molecule has 0 aliphatic heterocycles. The Labute approximate surface area is 262 Å². The summed E-state index contributed by atoms with van der Waals surface area (Å²) in [6.45, 7) is 0.172. The minimum absolute atomic E-state index is 0.0893. The second-order valence-corrected chi connectivity index (χ2v) is 12.9. The molecule has 0 unspecified atom stereocenters. The highest BCUT2D eigenvalue weighted by Gasteiger charge is 2.46. The van der Waals surface area contributed by atoms with Gasteiger partial charge in [0.2, 0.25) is 0 Å². The number of hydrogen-bond donors (Lipinski definition) is 1. The van der Waals surface area contributed by atoms with E-state index in [1.807, 2.05) is 18.2 Å². The Kier molecular flexibility index (Phi) is 9.19. The fourth-order valence-electron chi connectivity index (χ4n) is 5.91. The molecule has 0 radical (unpaired) electrons. The molecule has 44 heavy (non-hydrogen) atoms. The normalized spacial score (nSPS) is 13.2. The summed E-state index contributed by atoms with van der Waals surface area (Å²) in [5.41, 5.74) is 3.29. The summed E-state index contributed by atoms with van der Waals surface area (Å²) in [6.07, 6.45) is -0.737. The van der Waals surface area contributed by atoms with Crippen LogP contribution in [-0.4, -0.2) is 25.4 Å². The van der Waals surface area contributed by atoms with Crippen LogP contribution in [0.25, 0.3) is 0 Å². The lowest BCUT2D eigenvalue weighted by Gasteiger charge is -2.42. The Morgan fingerprint density at radius 3 is 1.18 bits per heavy atom. The summed E-state index contributed by atoms with van der Waals surface area (Å²) in [5, 5.41) is 15.3. The van der Waals surface area contributed by atoms with Gasteiger partial charge in [-0.15, -0.1) is 0 Å². The first-order valence-corrected chi connectivity index (χ1v) is 16.1. The van der Waals surface area contributed by atoms with E-state index in [1.165, 1.54) is 16.2 Å². The molecule has 4 heteroatoms. The quantitative estimate of drug-likeness (QED) is 0.0994. The zero-order chi connectivity index (χ0) is 30.2. The Bertz CT molecular complexity index is 1580. The smallest absolute Gasteiger partial charge is 0.143 e. The third kappa shape index (κ3) is 5.80. The first kappa shape index (κ1) is 29.8. The van der Waals surface area contributed by atoms with E-state index in [0.29, 0.717) is 0 Å². The van der Waals surface area contributed by atoms with Gasteiger partial charge in [0.1, 0.15) is 19.3 Å². The molecule has 1 N–H and O–H groups in total. The lowest BCUT2D eigenvalue weighted by molar-refractivity contribution is -0.0388. The average molecular weight is 593 g/mol. The van der Waals surface area contributed by atoms with Crippen LogP contribution in [0.15, 0.2) is 182 Å². The van der Waals surface area contributed by atoms with Crippen molar-refractivity contribution in [1.82, 2.24) is 0 Å². The van der Waals surface area contributed by atoms with E-state index in [0.717, 1.165) is 16.7 Å². The maximum absolute atomic E-state index is 12.6. The van der Waals surface area contributed by atoms with Crippen molar-refractivity contribution >= 4 is 25.3 Å². The second kappa shape index (κ2) is 13.6. The van der Waals surface area contributed by atoms with Gasteiger partial charge in [-0.2, -0.15) is 0 Å². The van der Waals surface area contributed by atoms with Crippen molar-refractivity contribution in [2.24, 2.45) is 0 Å². The summed E-state index contributed by atoms with van der Waals surface area (Å²) in [7, 11) is -2.25. The molecule has 0 bridgehead atoms. The van der Waals surface area contributed by atoms with Gasteiger partial charge in [0, 0.05) is 0 Å². The van der Waals surface area contributed by atoms with Gasteiger partial charge >= 0.3 is 0 Å². The number of rotatable bonds is 11. The highest BCUT2D eigenvalue weighted by Crippen LogP contribution is 2.65. The van der Waals surface area contributed by atoms with Crippen molar-refractivity contribution in [3.05, 3.63) is 204 Å². The van der Waals surface area contributed by atoms with E-state index in [1.54, 1.807) is 0 Å². The van der Waals surface area contributed by atoms with E-state index in [-0.39, 0.29) is 19.8 Å². The summed E-state index contributed by atoms with van der Waals surface area (Å²) >= 11 is 0. The van der Waals surface area contributed by atoms with Gasteiger partial charge in [0.15, 0.2) is 0 Å². The standard InChI is InChI=1S/C40H38BO2P/c41-44(36-27-15-5-16-28-36,37-29-17-6-18-30-37)39(32-19-7-1-8-20-32)38(42)31-43-40(33-21-9-2-10-22-33,34-23-11-3-12-24-34)35-25-13-4-14-26-35/h1-30,38-39,42H,31H2,41H3/t38-,39+/m1/s1. The van der Waals surface area contributed by atoms with Crippen LogP contribution in [0.4, 0.5) is 0 Å². The van der Waals surface area contributed by atoms with Crippen LogP contribution in [0.3, 0.4) is 0 Å². The zero-order valence-corrected chi connectivity index (χ0v) is 24.9. The number of benzene rings is 6. The van der Waals surface area contributed by atoms with Crippen molar-refractivity contribution in [3.8, 4) is 0 Å². The Balaban J connectivity index is 1.50. The number of ether oxygens (including phenoxy) is 1. The van der Waals surface area contributed by atoms with Crippen LogP contribution in [0.1, 0.15) is 27.9 Å². The largest absolute Gasteiger partial charge is 0.386 e. The van der Waals surface area contributed by atoms with Crippen molar-refractivity contribution in [2.45, 2.75) is 17.4 Å². The van der Waals surface area contributed by atoms with Crippen LogP contribution in [-0.2, 0) is 10.3 Å². The van der Waals surface area contributed by atoms with E-state index >= 15 is 0 Å². The van der Waals surface area contributed by atoms with Gasteiger partial charge in [-0.1, -0.05) is 165 Å². The van der Waals surface area contributed by atoms with Crippen LogP contribution < -0.4 is 10.6 Å². The molecule has 2 nitrogen and oxygen atoms in total. The Morgan fingerprint density at radius 1 is 0.500 bits per heavy atom. The van der Waals surface area contributed by atoms with Gasteiger partial charge in [0.05, 0.1) is 22.9 Å². The lowest BCUT2D eigenvalue weighted by atomic mass is 9.80. The second-order valence-electron chi connectivity index (χ2n) is 10.6. The fraction of sp³-hybridized carbons (Fsp3) is 0.100. The Hall–Kier alpha value is -4.27. The van der Waals surface area contributed by atoms with Crippen LogP contribution in [0.5, 0.6) is 0 Å². The maximum Gasteiger partial charge on any atom is 0.143 e. The molecule has 2 atom stereocenters. The molecule has 6 rings (SSSR count). The van der Waals surface area contributed by atoms with Gasteiger partial charge in [-0.25, -0.2) is 0 Å². The molecular formula is C40H38BO2P. The first-order chi connectivity index (χ1) is 21.6. The molecular weight excluding hydrogens is 554 g/mol. The molecule has 0 aliphatic carbocycles. The highest BCUT2D eigenvalue weighted by molar-refractivity contribution is 8.08. The first-order valence-electron chi connectivity index (χ1n) is 14.7. The third-order valence-corrected chi connectivity index (χ3v) is 10.8. The van der Waals surface area contributed by atoms with Crippen LogP contribution in [0, 0.1) is 0 Å². The molecule has 6 aromatic rings. The highest BCUT2D eigenvalue weighted by atomic mass is 31.2. The van der Waals surface area contributed by atoms with E-state index < -0.39 is 18.8 Å². The van der Waals surface area contributed by atoms with Gasteiger partial charge in [-0.05, 0) is 46.5 Å². The minimum Gasteiger partial charge on any atom is -0.386 e. The van der Waals surface area contributed by atoms with Crippen molar-refractivity contribution in [1.29, 1.82) is 0 Å². The van der Waals surface area contributed by atoms with E-state index in [2.05, 4.69) is 164 Å². The maximum atomic E-state index is 12.6. The van der Waals surface area contributed by atoms with Crippen molar-refractivity contribution in [2.75, 3.05) is 6.61 Å². The average Bonchev–Trinajstić information content (AvgIpc) is 3.11. The van der Waals surface area contributed by atoms with Gasteiger partial charge < -0.3 is 9.84 Å². The predicted octanol–water partition coefficient (Wildman–Crippen LogP) is 7.05. The topological polar surface area (TPSA) is 29.5 Å². The number of aliphatic hydroxyl groups excluding tert-OH is 1. The number of hydrogen-bond acceptors (Lipinski definition) is 2. The van der Waals surface area contributed by atoms with Crippen LogP contribution >= 0.6 is 7.14 Å².